The van der Waals surface area contributed by atoms with Gasteiger partial charge in [0.05, 0.1) is 23.5 Å². The second-order valence-electron chi connectivity index (χ2n) is 8.17. The first-order valence-electron chi connectivity index (χ1n) is 10.9. The van der Waals surface area contributed by atoms with Crippen LogP contribution in [-0.2, 0) is 26.9 Å². The lowest BCUT2D eigenvalue weighted by atomic mass is 10.0. The molecule has 0 saturated heterocycles. The molecule has 1 N–H and O–H groups in total. The lowest BCUT2D eigenvalue weighted by Crippen LogP contribution is -2.10. The van der Waals surface area contributed by atoms with E-state index >= 15 is 0 Å². The summed E-state index contributed by atoms with van der Waals surface area (Å²) in [5, 5.41) is 13.4. The summed E-state index contributed by atoms with van der Waals surface area (Å²) in [5.74, 6) is 0.235. The van der Waals surface area contributed by atoms with Gasteiger partial charge in [-0.15, -0.1) is 0 Å². The molecule has 0 aliphatic carbocycles. The first-order chi connectivity index (χ1) is 15.4. The summed E-state index contributed by atoms with van der Waals surface area (Å²) >= 11 is 0. The van der Waals surface area contributed by atoms with Gasteiger partial charge in [0, 0.05) is 56.2 Å². The molecule has 0 unspecified atom stereocenters. The van der Waals surface area contributed by atoms with Crippen LogP contribution in [0.3, 0.4) is 0 Å². The number of fused-ring (bicyclic) bond motifs is 1. The molecule has 2 aromatic carbocycles. The molecule has 2 aromatic heterocycles. The fourth-order valence-corrected chi connectivity index (χ4v) is 4.23. The number of benzene rings is 2. The summed E-state index contributed by atoms with van der Waals surface area (Å²) in [5.41, 5.74) is 7.29. The zero-order valence-corrected chi connectivity index (χ0v) is 19.4. The summed E-state index contributed by atoms with van der Waals surface area (Å²) < 4.78 is 24.0. The second-order valence-corrected chi connectivity index (χ2v) is 8.17. The van der Waals surface area contributed by atoms with Crippen LogP contribution in [0.4, 0.5) is 4.39 Å². The van der Waals surface area contributed by atoms with Crippen LogP contribution in [-0.4, -0.2) is 39.8 Å². The van der Waals surface area contributed by atoms with Gasteiger partial charge in [0.15, 0.2) is 0 Å². The van der Waals surface area contributed by atoms with Crippen LogP contribution in [0.15, 0.2) is 36.4 Å². The van der Waals surface area contributed by atoms with Crippen LogP contribution in [0.2, 0.25) is 0 Å². The molecule has 32 heavy (non-hydrogen) atoms. The third-order valence-electron chi connectivity index (χ3n) is 6.06. The lowest BCUT2D eigenvalue weighted by Gasteiger charge is -2.13. The molecule has 0 aliphatic rings. The van der Waals surface area contributed by atoms with E-state index in [0.717, 1.165) is 58.5 Å². The Hall–Kier alpha value is -3.19. The molecule has 4 rings (SSSR count). The minimum Gasteiger partial charge on any atom is -0.492 e. The van der Waals surface area contributed by atoms with E-state index in [1.807, 2.05) is 43.5 Å². The van der Waals surface area contributed by atoms with E-state index in [2.05, 4.69) is 34.6 Å². The molecule has 7 heteroatoms. The van der Waals surface area contributed by atoms with Gasteiger partial charge in [-0.1, -0.05) is 6.07 Å². The van der Waals surface area contributed by atoms with Crippen LogP contribution in [0, 0.1) is 19.7 Å². The Morgan fingerprint density at radius 2 is 1.81 bits per heavy atom. The molecule has 0 bridgehead atoms. The molecule has 0 spiro atoms. The average molecular weight is 436 g/mol. The van der Waals surface area contributed by atoms with Crippen LogP contribution < -0.4 is 10.1 Å². The molecule has 2 heterocycles. The minimum atomic E-state index is -0.311. The Bertz CT molecular complexity index is 1260. The molecular weight excluding hydrogens is 405 g/mol. The van der Waals surface area contributed by atoms with Gasteiger partial charge in [-0.2, -0.15) is 10.2 Å². The predicted octanol–water partition coefficient (Wildman–Crippen LogP) is 4.11. The van der Waals surface area contributed by atoms with Crippen molar-refractivity contribution >= 4 is 10.9 Å². The molecule has 0 aliphatic heterocycles. The molecule has 4 aromatic rings. The number of ether oxygens (including phenoxy) is 1. The number of nitrogens with one attached hydrogen (secondary N) is 1. The van der Waals surface area contributed by atoms with Crippen molar-refractivity contribution in [3.05, 3.63) is 64.9 Å². The second kappa shape index (κ2) is 9.12. The van der Waals surface area contributed by atoms with Crippen LogP contribution in [0.25, 0.3) is 22.0 Å². The van der Waals surface area contributed by atoms with E-state index in [1.165, 1.54) is 17.7 Å². The molecule has 0 radical (unpaired) electrons. The number of rotatable bonds is 8. The fraction of sp³-hybridized carbons (Fsp3) is 0.360. The maximum Gasteiger partial charge on any atom is 0.130 e. The molecule has 0 fully saturated rings. The number of nitrogens with zero attached hydrogens (tertiary/aromatic N) is 4. The Labute approximate surface area is 188 Å². The van der Waals surface area contributed by atoms with Crippen molar-refractivity contribution in [1.82, 2.24) is 24.9 Å². The van der Waals surface area contributed by atoms with E-state index in [4.69, 9.17) is 4.74 Å². The quantitative estimate of drug-likeness (QED) is 0.453. The number of hydrogen-bond donors (Lipinski definition) is 1. The van der Waals surface area contributed by atoms with Gasteiger partial charge in [0.2, 0.25) is 0 Å². The Morgan fingerprint density at radius 3 is 2.53 bits per heavy atom. The van der Waals surface area contributed by atoms with Crippen molar-refractivity contribution in [2.45, 2.75) is 26.7 Å². The summed E-state index contributed by atoms with van der Waals surface area (Å²) in [4.78, 5) is 0. The van der Waals surface area contributed by atoms with Crippen molar-refractivity contribution in [3.8, 4) is 16.9 Å². The Morgan fingerprint density at radius 1 is 1.00 bits per heavy atom. The molecule has 0 saturated carbocycles. The smallest absolute Gasteiger partial charge is 0.130 e. The number of aryl methyl sites for hydroxylation is 3. The first kappa shape index (κ1) is 22.0. The van der Waals surface area contributed by atoms with Gasteiger partial charge < -0.3 is 10.1 Å². The van der Waals surface area contributed by atoms with Gasteiger partial charge in [-0.3, -0.25) is 9.36 Å². The zero-order chi connectivity index (χ0) is 22.8. The maximum absolute atomic E-state index is 14.1. The fourth-order valence-electron chi connectivity index (χ4n) is 4.23. The van der Waals surface area contributed by atoms with Gasteiger partial charge in [0.1, 0.15) is 11.6 Å². The summed E-state index contributed by atoms with van der Waals surface area (Å²) in [6, 6.07) is 11.0. The maximum atomic E-state index is 14.1. The normalized spacial score (nSPS) is 11.4. The molecule has 168 valence electrons. The summed E-state index contributed by atoms with van der Waals surface area (Å²) in [6.45, 7) is 5.36. The van der Waals surface area contributed by atoms with Crippen molar-refractivity contribution in [2.75, 3.05) is 20.2 Å². The highest BCUT2D eigenvalue weighted by atomic mass is 19.1. The van der Waals surface area contributed by atoms with Crippen LogP contribution >= 0.6 is 0 Å². The van der Waals surface area contributed by atoms with Gasteiger partial charge in [-0.25, -0.2) is 4.39 Å². The first-order valence-corrected chi connectivity index (χ1v) is 10.9. The topological polar surface area (TPSA) is 56.9 Å². The highest BCUT2D eigenvalue weighted by Crippen LogP contribution is 2.34. The van der Waals surface area contributed by atoms with E-state index < -0.39 is 0 Å². The van der Waals surface area contributed by atoms with Crippen molar-refractivity contribution in [1.29, 1.82) is 0 Å². The Balaban J connectivity index is 1.63. The molecule has 0 atom stereocenters. The zero-order valence-electron chi connectivity index (χ0n) is 19.4. The van der Waals surface area contributed by atoms with Gasteiger partial charge in [0.25, 0.3) is 0 Å². The standard InChI is InChI=1S/C25H30FN5O/c1-16-20(17(2)30(4)28-16)11-13-32-25-15-19(26)7-8-21(25)18-6-9-24-22(14-18)23(10-12-27-3)29-31(24)5/h6-9,14-15,27H,10-13H2,1-5H3. The van der Waals surface area contributed by atoms with E-state index in [0.29, 0.717) is 12.4 Å². The van der Waals surface area contributed by atoms with Crippen molar-refractivity contribution in [2.24, 2.45) is 14.1 Å². The minimum absolute atomic E-state index is 0.311. The van der Waals surface area contributed by atoms with Crippen LogP contribution in [0.1, 0.15) is 22.6 Å². The van der Waals surface area contributed by atoms with E-state index in [-0.39, 0.29) is 5.82 Å². The molecule has 6 nitrogen and oxygen atoms in total. The van der Waals surface area contributed by atoms with Gasteiger partial charge >= 0.3 is 0 Å². The summed E-state index contributed by atoms with van der Waals surface area (Å²) in [6.07, 6.45) is 1.56. The van der Waals surface area contributed by atoms with Gasteiger partial charge in [-0.05, 0) is 56.3 Å². The Kier molecular flexibility index (Phi) is 6.28. The van der Waals surface area contributed by atoms with Crippen molar-refractivity contribution < 1.29 is 9.13 Å². The molecular formula is C25H30FN5O. The highest BCUT2D eigenvalue weighted by Gasteiger charge is 2.14. The average Bonchev–Trinajstić information content (AvgIpc) is 3.21. The number of aromatic nitrogens is 4. The predicted molar refractivity (Wildman–Crippen MR) is 126 cm³/mol. The van der Waals surface area contributed by atoms with Crippen LogP contribution in [0.5, 0.6) is 5.75 Å². The summed E-state index contributed by atoms with van der Waals surface area (Å²) in [7, 11) is 5.84. The third-order valence-corrected chi connectivity index (χ3v) is 6.06. The number of halogens is 1. The van der Waals surface area contributed by atoms with Crippen molar-refractivity contribution in [3.63, 3.8) is 0 Å². The van der Waals surface area contributed by atoms with E-state index in [1.54, 1.807) is 6.07 Å². The largest absolute Gasteiger partial charge is 0.492 e. The monoisotopic (exact) mass is 435 g/mol. The third kappa shape index (κ3) is 4.25. The van der Waals surface area contributed by atoms with E-state index in [9.17, 15) is 4.39 Å². The SMILES string of the molecule is CNCCc1nn(C)c2ccc(-c3ccc(F)cc3OCCc3c(C)nn(C)c3C)cc12. The number of hydrogen-bond acceptors (Lipinski definition) is 4. The highest BCUT2D eigenvalue weighted by molar-refractivity contribution is 5.88. The number of likely N-dealkylation sites (N-methyl/N-ethyl adjacent to an activating group) is 1. The molecule has 0 amide bonds. The lowest BCUT2D eigenvalue weighted by molar-refractivity contribution is 0.321.